The Labute approximate surface area is 176 Å². The third-order valence-corrected chi connectivity index (χ3v) is 6.08. The van der Waals surface area contributed by atoms with E-state index in [0.717, 1.165) is 30.6 Å². The third-order valence-electron chi connectivity index (χ3n) is 6.08. The number of nitrogens with zero attached hydrogens (tertiary/aromatic N) is 1. The van der Waals surface area contributed by atoms with Crippen molar-refractivity contribution in [2.45, 2.75) is 57.5 Å². The Morgan fingerprint density at radius 2 is 1.90 bits per heavy atom. The molecule has 2 aliphatic rings. The third kappa shape index (κ3) is 4.47. The molecule has 0 bridgehead atoms. The standard InChI is InChI=1S/C22H29N3O5/c1-3-22(16-10-5-4-6-11-16)20(28)25(21(29)24-22)13-19(27)30-14-18(26)23-17-12-8-7-9-15(17)2/h4-6,10-11,15,17H,3,7-9,12-14H2,1-2H3,(H,23,26)(H,24,29)/t15-,17-,22-/m0/s1. The average Bonchev–Trinajstić information content (AvgIpc) is 2.99. The lowest BCUT2D eigenvalue weighted by atomic mass is 9.86. The van der Waals surface area contributed by atoms with E-state index in [9.17, 15) is 19.2 Å². The summed E-state index contributed by atoms with van der Waals surface area (Å²) in [5.41, 5.74) is -0.546. The van der Waals surface area contributed by atoms with Gasteiger partial charge in [0.1, 0.15) is 12.1 Å². The van der Waals surface area contributed by atoms with E-state index in [1.54, 1.807) is 31.2 Å². The molecule has 1 saturated carbocycles. The molecular formula is C22H29N3O5. The normalized spacial score (nSPS) is 26.3. The highest BCUT2D eigenvalue weighted by atomic mass is 16.5. The minimum atomic E-state index is -1.20. The van der Waals surface area contributed by atoms with Gasteiger partial charge in [-0.1, -0.05) is 57.0 Å². The Kier molecular flexibility index (Phi) is 6.74. The van der Waals surface area contributed by atoms with Crippen LogP contribution in [0.4, 0.5) is 4.79 Å². The van der Waals surface area contributed by atoms with Crippen LogP contribution in [-0.4, -0.2) is 47.9 Å². The summed E-state index contributed by atoms with van der Waals surface area (Å²) in [4.78, 5) is 50.6. The highest BCUT2D eigenvalue weighted by molar-refractivity contribution is 6.09. The van der Waals surface area contributed by atoms with Crippen LogP contribution >= 0.6 is 0 Å². The van der Waals surface area contributed by atoms with Gasteiger partial charge in [-0.15, -0.1) is 0 Å². The largest absolute Gasteiger partial charge is 0.454 e. The molecule has 2 fully saturated rings. The number of rotatable bonds is 7. The molecule has 1 aliphatic carbocycles. The van der Waals surface area contributed by atoms with Crippen LogP contribution in [0.3, 0.4) is 0 Å². The second kappa shape index (κ2) is 9.28. The topological polar surface area (TPSA) is 105 Å². The lowest BCUT2D eigenvalue weighted by Crippen LogP contribution is -2.44. The molecule has 0 spiro atoms. The average molecular weight is 415 g/mol. The number of esters is 1. The summed E-state index contributed by atoms with van der Waals surface area (Å²) >= 11 is 0. The number of hydrogen-bond acceptors (Lipinski definition) is 5. The lowest BCUT2D eigenvalue weighted by molar-refractivity contribution is -0.151. The fraction of sp³-hybridized carbons (Fsp3) is 0.545. The van der Waals surface area contributed by atoms with E-state index in [4.69, 9.17) is 4.74 Å². The number of nitrogens with one attached hydrogen (secondary N) is 2. The second-order valence-electron chi connectivity index (χ2n) is 8.04. The quantitative estimate of drug-likeness (QED) is 0.524. The molecule has 2 N–H and O–H groups in total. The summed E-state index contributed by atoms with van der Waals surface area (Å²) in [5.74, 6) is -1.28. The number of benzene rings is 1. The number of ether oxygens (including phenoxy) is 1. The molecule has 0 radical (unpaired) electrons. The van der Waals surface area contributed by atoms with Crippen molar-refractivity contribution in [3.63, 3.8) is 0 Å². The summed E-state index contributed by atoms with van der Waals surface area (Å²) in [6.45, 7) is 2.93. The van der Waals surface area contributed by atoms with Gasteiger partial charge in [-0.2, -0.15) is 0 Å². The molecule has 1 heterocycles. The molecule has 1 aromatic carbocycles. The van der Waals surface area contributed by atoms with Gasteiger partial charge in [-0.3, -0.25) is 19.3 Å². The van der Waals surface area contributed by atoms with Crippen LogP contribution < -0.4 is 10.6 Å². The van der Waals surface area contributed by atoms with Gasteiger partial charge in [-0.25, -0.2) is 4.79 Å². The van der Waals surface area contributed by atoms with E-state index >= 15 is 0 Å². The van der Waals surface area contributed by atoms with E-state index in [1.807, 2.05) is 6.07 Å². The summed E-state index contributed by atoms with van der Waals surface area (Å²) in [6.07, 6.45) is 4.56. The molecule has 1 saturated heterocycles. The molecule has 8 nitrogen and oxygen atoms in total. The van der Waals surface area contributed by atoms with E-state index in [0.29, 0.717) is 17.9 Å². The predicted molar refractivity (Wildman–Crippen MR) is 109 cm³/mol. The maximum absolute atomic E-state index is 13.0. The molecule has 3 rings (SSSR count). The van der Waals surface area contributed by atoms with E-state index in [2.05, 4.69) is 17.6 Å². The minimum absolute atomic E-state index is 0.0898. The van der Waals surface area contributed by atoms with Crippen molar-refractivity contribution in [2.24, 2.45) is 5.92 Å². The van der Waals surface area contributed by atoms with Crippen LogP contribution in [0, 0.1) is 5.92 Å². The predicted octanol–water partition coefficient (Wildman–Crippen LogP) is 2.08. The number of urea groups is 1. The summed E-state index contributed by atoms with van der Waals surface area (Å²) in [7, 11) is 0. The molecular weight excluding hydrogens is 386 g/mol. The first kappa shape index (κ1) is 21.8. The van der Waals surface area contributed by atoms with Gasteiger partial charge >= 0.3 is 12.0 Å². The highest BCUT2D eigenvalue weighted by Crippen LogP contribution is 2.32. The number of amides is 4. The molecule has 3 atom stereocenters. The summed E-state index contributed by atoms with van der Waals surface area (Å²) in [5, 5.41) is 5.62. The zero-order valence-electron chi connectivity index (χ0n) is 17.5. The van der Waals surface area contributed by atoms with Gasteiger partial charge in [0.25, 0.3) is 11.8 Å². The van der Waals surface area contributed by atoms with Crippen LogP contribution in [0.1, 0.15) is 51.5 Å². The van der Waals surface area contributed by atoms with Gasteiger partial charge in [0.15, 0.2) is 6.61 Å². The van der Waals surface area contributed by atoms with Gasteiger partial charge in [-0.05, 0) is 30.7 Å². The van der Waals surface area contributed by atoms with Crippen molar-refractivity contribution >= 4 is 23.8 Å². The summed E-state index contributed by atoms with van der Waals surface area (Å²) < 4.78 is 5.02. The zero-order valence-corrected chi connectivity index (χ0v) is 17.5. The van der Waals surface area contributed by atoms with Crippen LogP contribution in [-0.2, 0) is 24.7 Å². The van der Waals surface area contributed by atoms with E-state index in [-0.39, 0.29) is 11.9 Å². The SMILES string of the molecule is CC[C@@]1(c2ccccc2)NC(=O)N(CC(=O)OCC(=O)N[C@H]2CCCC[C@@H]2C)C1=O. The van der Waals surface area contributed by atoms with Gasteiger partial charge in [0.05, 0.1) is 0 Å². The summed E-state index contributed by atoms with van der Waals surface area (Å²) in [6, 6.07) is 8.36. The Bertz CT molecular complexity index is 812. The van der Waals surface area contributed by atoms with Crippen molar-refractivity contribution in [1.29, 1.82) is 0 Å². The zero-order chi connectivity index (χ0) is 21.7. The number of carbonyl (C=O) groups is 4. The van der Waals surface area contributed by atoms with Crippen molar-refractivity contribution in [1.82, 2.24) is 15.5 Å². The van der Waals surface area contributed by atoms with E-state index in [1.165, 1.54) is 0 Å². The number of imide groups is 1. The van der Waals surface area contributed by atoms with Gasteiger partial charge in [0, 0.05) is 6.04 Å². The van der Waals surface area contributed by atoms with Crippen LogP contribution in [0.25, 0.3) is 0 Å². The van der Waals surface area contributed by atoms with Crippen molar-refractivity contribution in [2.75, 3.05) is 13.2 Å². The fourth-order valence-electron chi connectivity index (χ4n) is 4.23. The van der Waals surface area contributed by atoms with Crippen molar-refractivity contribution in [3.05, 3.63) is 35.9 Å². The highest BCUT2D eigenvalue weighted by Gasteiger charge is 2.51. The Morgan fingerprint density at radius 1 is 1.20 bits per heavy atom. The molecule has 8 heteroatoms. The number of hydrogen-bond donors (Lipinski definition) is 2. The van der Waals surface area contributed by atoms with E-state index < -0.39 is 36.6 Å². The fourth-order valence-corrected chi connectivity index (χ4v) is 4.23. The first-order chi connectivity index (χ1) is 14.4. The van der Waals surface area contributed by atoms with Gasteiger partial charge in [0.2, 0.25) is 0 Å². The Balaban J connectivity index is 1.55. The lowest BCUT2D eigenvalue weighted by Gasteiger charge is -2.29. The van der Waals surface area contributed by atoms with Crippen LogP contribution in [0.2, 0.25) is 0 Å². The monoisotopic (exact) mass is 415 g/mol. The van der Waals surface area contributed by atoms with Crippen LogP contribution in [0.5, 0.6) is 0 Å². The van der Waals surface area contributed by atoms with Crippen molar-refractivity contribution in [3.8, 4) is 0 Å². The smallest absolute Gasteiger partial charge is 0.326 e. The van der Waals surface area contributed by atoms with Gasteiger partial charge < -0.3 is 15.4 Å². The molecule has 1 aromatic rings. The number of carbonyl (C=O) groups excluding carboxylic acids is 4. The maximum atomic E-state index is 13.0. The molecule has 4 amide bonds. The Hall–Kier alpha value is -2.90. The first-order valence-corrected chi connectivity index (χ1v) is 10.5. The molecule has 30 heavy (non-hydrogen) atoms. The second-order valence-corrected chi connectivity index (χ2v) is 8.04. The maximum Gasteiger partial charge on any atom is 0.326 e. The molecule has 162 valence electrons. The van der Waals surface area contributed by atoms with Crippen LogP contribution in [0.15, 0.2) is 30.3 Å². The minimum Gasteiger partial charge on any atom is -0.454 e. The van der Waals surface area contributed by atoms with Crippen molar-refractivity contribution < 1.29 is 23.9 Å². The Morgan fingerprint density at radius 3 is 2.57 bits per heavy atom. The molecule has 1 aliphatic heterocycles. The molecule has 0 aromatic heterocycles. The molecule has 0 unspecified atom stereocenters. The first-order valence-electron chi connectivity index (χ1n) is 10.5.